The zero-order valence-corrected chi connectivity index (χ0v) is 31.4. The molecule has 2 unspecified atom stereocenters. The molecule has 4 heterocycles. The number of thiophene rings is 1. The molecular weight excluding hydrogens is 717 g/mol. The van der Waals surface area contributed by atoms with Crippen LogP contribution < -0.4 is 4.90 Å². The molecule has 0 saturated heterocycles. The predicted octanol–water partition coefficient (Wildman–Crippen LogP) is 13.3. The lowest BCUT2D eigenvalue weighted by molar-refractivity contribution is 0.584. The number of furan rings is 1. The van der Waals surface area contributed by atoms with Crippen molar-refractivity contribution in [3.63, 3.8) is 0 Å². The quantitative estimate of drug-likeness (QED) is 0.175. The minimum absolute atomic E-state index is 0.0951. The molecule has 5 nitrogen and oxygen atoms in total. The van der Waals surface area contributed by atoms with Crippen molar-refractivity contribution in [3.05, 3.63) is 193 Å². The van der Waals surface area contributed by atoms with Crippen LogP contribution in [0.5, 0.6) is 0 Å². The average molecular weight is 749 g/mol. The summed E-state index contributed by atoms with van der Waals surface area (Å²) in [6.07, 6.45) is 4.45. The van der Waals surface area contributed by atoms with Crippen LogP contribution in [-0.2, 0) is 0 Å². The maximum atomic E-state index is 6.89. The van der Waals surface area contributed by atoms with Crippen molar-refractivity contribution in [1.82, 2.24) is 15.0 Å². The maximum Gasteiger partial charge on any atom is 0.167 e. The molecule has 0 saturated carbocycles. The molecule has 1 aliphatic heterocycles. The van der Waals surface area contributed by atoms with Gasteiger partial charge in [-0.3, -0.25) is 0 Å². The molecule has 0 amide bonds. The minimum atomic E-state index is 0.0951. The molecule has 7 aromatic carbocycles. The highest BCUT2D eigenvalue weighted by atomic mass is 32.1. The van der Waals surface area contributed by atoms with E-state index in [9.17, 15) is 0 Å². The monoisotopic (exact) mass is 748 g/mol. The Hall–Kier alpha value is -7.15. The van der Waals surface area contributed by atoms with Gasteiger partial charge in [0.05, 0.1) is 11.6 Å². The SMILES string of the molecule is C1=CC2C(c3ccccc3N2c2ccccc2)c2c1oc1c(-c3nc(-c4ccc(-c5ccccc5)cc4)nc(-c4ccc5sc6ccccc6c5c4)n3)cccc21. The Bertz CT molecular complexity index is 3200. The molecule has 2 aliphatic rings. The van der Waals surface area contributed by atoms with Gasteiger partial charge in [-0.05, 0) is 71.3 Å². The molecule has 0 N–H and O–H groups in total. The van der Waals surface area contributed by atoms with Crippen LogP contribution in [0, 0.1) is 0 Å². The first-order valence-corrected chi connectivity index (χ1v) is 20.1. The molecular formula is C51H32N4OS. The van der Waals surface area contributed by atoms with Gasteiger partial charge in [0, 0.05) is 59.5 Å². The molecule has 3 aromatic heterocycles. The standard InChI is InChI=1S/C51H32N4OS/c1-3-12-31(13-4-1)32-22-24-33(25-23-32)49-52-50(34-26-29-45-40(30-34)36-16-8-10-21-44(36)57-45)54-51(53-49)39-19-11-18-38-47-43(56-48(38)39)28-27-42-46(47)37-17-7-9-20-41(37)55(42)35-14-5-2-6-15-35/h1-30,42,46H. The highest BCUT2D eigenvalue weighted by molar-refractivity contribution is 7.25. The summed E-state index contributed by atoms with van der Waals surface area (Å²) in [5, 5.41) is 3.52. The molecule has 1 aliphatic carbocycles. The molecule has 0 spiro atoms. The molecule has 12 rings (SSSR count). The second-order valence-electron chi connectivity index (χ2n) is 14.7. The highest BCUT2D eigenvalue weighted by Crippen LogP contribution is 2.54. The summed E-state index contributed by atoms with van der Waals surface area (Å²) < 4.78 is 9.39. The lowest BCUT2D eigenvalue weighted by Crippen LogP contribution is -2.30. The molecule has 0 radical (unpaired) electrons. The fourth-order valence-electron chi connectivity index (χ4n) is 8.91. The third-order valence-corrected chi connectivity index (χ3v) is 12.7. The Kier molecular flexibility index (Phi) is 7.16. The third-order valence-electron chi connectivity index (χ3n) is 11.5. The van der Waals surface area contributed by atoms with Crippen LogP contribution in [0.25, 0.3) is 82.5 Å². The first-order valence-electron chi connectivity index (χ1n) is 19.3. The second kappa shape index (κ2) is 12.7. The molecule has 0 bridgehead atoms. The average Bonchev–Trinajstić information content (AvgIpc) is 3.96. The Morgan fingerprint density at radius 1 is 0.509 bits per heavy atom. The topological polar surface area (TPSA) is 55.1 Å². The fourth-order valence-corrected chi connectivity index (χ4v) is 10.00. The van der Waals surface area contributed by atoms with Crippen molar-refractivity contribution in [1.29, 1.82) is 0 Å². The van der Waals surface area contributed by atoms with E-state index in [0.29, 0.717) is 17.5 Å². The number of benzene rings is 7. The van der Waals surface area contributed by atoms with Crippen molar-refractivity contribution < 1.29 is 4.42 Å². The third kappa shape index (κ3) is 5.11. The first kappa shape index (κ1) is 32.1. The molecule has 57 heavy (non-hydrogen) atoms. The molecule has 10 aromatic rings. The zero-order valence-electron chi connectivity index (χ0n) is 30.6. The van der Waals surface area contributed by atoms with E-state index in [2.05, 4.69) is 181 Å². The molecule has 0 fully saturated rings. The fraction of sp³-hybridized carbons (Fsp3) is 0.0392. The van der Waals surface area contributed by atoms with Gasteiger partial charge in [0.15, 0.2) is 17.5 Å². The van der Waals surface area contributed by atoms with Gasteiger partial charge in [-0.1, -0.05) is 127 Å². The Balaban J connectivity index is 1.03. The van der Waals surface area contributed by atoms with E-state index in [1.54, 1.807) is 11.3 Å². The molecule has 6 heteroatoms. The summed E-state index contributed by atoms with van der Waals surface area (Å²) >= 11 is 1.81. The van der Waals surface area contributed by atoms with Gasteiger partial charge in [-0.2, -0.15) is 0 Å². The summed E-state index contributed by atoms with van der Waals surface area (Å²) in [7, 11) is 0. The number of para-hydroxylation sites is 3. The summed E-state index contributed by atoms with van der Waals surface area (Å²) in [5.74, 6) is 2.78. The van der Waals surface area contributed by atoms with E-state index < -0.39 is 0 Å². The van der Waals surface area contributed by atoms with Gasteiger partial charge in [-0.15, -0.1) is 11.3 Å². The number of aromatic nitrogens is 3. The van der Waals surface area contributed by atoms with Gasteiger partial charge >= 0.3 is 0 Å². The van der Waals surface area contributed by atoms with E-state index in [4.69, 9.17) is 19.4 Å². The van der Waals surface area contributed by atoms with Crippen LogP contribution in [0.15, 0.2) is 180 Å². The highest BCUT2D eigenvalue weighted by Gasteiger charge is 2.43. The van der Waals surface area contributed by atoms with Crippen molar-refractivity contribution >= 4 is 59.9 Å². The number of hydrogen-bond donors (Lipinski definition) is 0. The Labute approximate surface area is 332 Å². The van der Waals surface area contributed by atoms with Crippen LogP contribution in [0.1, 0.15) is 22.8 Å². The van der Waals surface area contributed by atoms with Crippen LogP contribution in [0.2, 0.25) is 0 Å². The number of rotatable bonds is 5. The molecule has 268 valence electrons. The van der Waals surface area contributed by atoms with Gasteiger partial charge < -0.3 is 9.32 Å². The van der Waals surface area contributed by atoms with Gasteiger partial charge in [0.25, 0.3) is 0 Å². The van der Waals surface area contributed by atoms with E-state index in [1.807, 2.05) is 6.07 Å². The largest absolute Gasteiger partial charge is 0.456 e. The van der Waals surface area contributed by atoms with E-state index >= 15 is 0 Å². The van der Waals surface area contributed by atoms with Crippen molar-refractivity contribution in [3.8, 4) is 45.3 Å². The van der Waals surface area contributed by atoms with Crippen LogP contribution >= 0.6 is 11.3 Å². The smallest absolute Gasteiger partial charge is 0.167 e. The van der Waals surface area contributed by atoms with Crippen molar-refractivity contribution in [2.75, 3.05) is 4.90 Å². The summed E-state index contributed by atoms with van der Waals surface area (Å²) in [5.41, 5.74) is 10.7. The zero-order chi connectivity index (χ0) is 37.5. The van der Waals surface area contributed by atoms with E-state index in [0.717, 1.165) is 39.0 Å². The van der Waals surface area contributed by atoms with E-state index in [-0.39, 0.29) is 12.0 Å². The van der Waals surface area contributed by atoms with Crippen molar-refractivity contribution in [2.24, 2.45) is 0 Å². The summed E-state index contributed by atoms with van der Waals surface area (Å²) in [6, 6.07) is 60.0. The molecule has 2 atom stereocenters. The number of nitrogens with zero attached hydrogens (tertiary/aromatic N) is 4. The van der Waals surface area contributed by atoms with Crippen LogP contribution in [0.3, 0.4) is 0 Å². The maximum absolute atomic E-state index is 6.89. The van der Waals surface area contributed by atoms with E-state index in [1.165, 1.54) is 48.2 Å². The number of anilines is 2. The van der Waals surface area contributed by atoms with Crippen LogP contribution in [-0.4, -0.2) is 21.0 Å². The Morgan fingerprint density at radius 2 is 1.16 bits per heavy atom. The van der Waals surface area contributed by atoms with Gasteiger partial charge in [-0.25, -0.2) is 15.0 Å². The lowest BCUT2D eigenvalue weighted by Gasteiger charge is -2.30. The lowest BCUT2D eigenvalue weighted by atomic mass is 9.82. The first-order chi connectivity index (χ1) is 28.2. The van der Waals surface area contributed by atoms with Crippen LogP contribution in [0.4, 0.5) is 11.4 Å². The predicted molar refractivity (Wildman–Crippen MR) is 234 cm³/mol. The summed E-state index contributed by atoms with van der Waals surface area (Å²) in [6.45, 7) is 0. The normalized spacial score (nSPS) is 15.6. The number of fused-ring (bicyclic) bond motifs is 10. The second-order valence-corrected chi connectivity index (χ2v) is 15.8. The van der Waals surface area contributed by atoms with Crippen molar-refractivity contribution in [2.45, 2.75) is 12.0 Å². The minimum Gasteiger partial charge on any atom is -0.456 e. The summed E-state index contributed by atoms with van der Waals surface area (Å²) in [4.78, 5) is 18.1. The Morgan fingerprint density at radius 3 is 2.02 bits per heavy atom. The number of hydrogen-bond acceptors (Lipinski definition) is 6. The van der Waals surface area contributed by atoms with Gasteiger partial charge in [0.2, 0.25) is 0 Å². The van der Waals surface area contributed by atoms with Gasteiger partial charge in [0.1, 0.15) is 11.3 Å².